The average Bonchev–Trinajstić information content (AvgIpc) is 2.85. The van der Waals surface area contributed by atoms with E-state index in [1.54, 1.807) is 6.07 Å². The number of aromatic nitrogens is 1. The molecule has 0 bridgehead atoms. The van der Waals surface area contributed by atoms with Gasteiger partial charge in [0.2, 0.25) is 5.76 Å². The Bertz CT molecular complexity index is 434. The summed E-state index contributed by atoms with van der Waals surface area (Å²) in [5, 5.41) is 16.6. The molecule has 106 valence electrons. The van der Waals surface area contributed by atoms with Crippen molar-refractivity contribution in [1.82, 2.24) is 10.5 Å². The maximum Gasteiger partial charge on any atom is 0.290 e. The predicted molar refractivity (Wildman–Crippen MR) is 71.0 cm³/mol. The summed E-state index contributed by atoms with van der Waals surface area (Å²) in [6.07, 6.45) is 4.48. The molecule has 0 atom stereocenters. The quantitative estimate of drug-likeness (QED) is 0.828. The van der Waals surface area contributed by atoms with E-state index in [2.05, 4.69) is 24.3 Å². The highest BCUT2D eigenvalue weighted by atomic mass is 16.5. The first-order chi connectivity index (χ1) is 9.08. The second kappa shape index (κ2) is 5.74. The van der Waals surface area contributed by atoms with Crippen molar-refractivity contribution in [3.63, 3.8) is 0 Å². The number of carbonyl (C=O) groups excluding carboxylic acids is 1. The van der Waals surface area contributed by atoms with E-state index in [1.807, 2.05) is 0 Å². The molecule has 0 unspecified atom stereocenters. The molecule has 5 heteroatoms. The second-order valence-electron chi connectivity index (χ2n) is 5.39. The normalized spacial score (nSPS) is 17.3. The Balaban J connectivity index is 1.92. The third-order valence-corrected chi connectivity index (χ3v) is 4.02. The number of amides is 1. The van der Waals surface area contributed by atoms with Crippen LogP contribution in [0.4, 0.5) is 0 Å². The third kappa shape index (κ3) is 3.15. The van der Waals surface area contributed by atoms with Crippen LogP contribution in [0.2, 0.25) is 0 Å². The molecule has 1 amide bonds. The number of hydrogen-bond donors (Lipinski definition) is 2. The molecule has 1 aliphatic carbocycles. The summed E-state index contributed by atoms with van der Waals surface area (Å²) in [7, 11) is 0. The molecule has 1 fully saturated rings. The van der Waals surface area contributed by atoms with Gasteiger partial charge in [0.1, 0.15) is 0 Å². The van der Waals surface area contributed by atoms with Crippen molar-refractivity contribution in [3.8, 4) is 0 Å². The standard InChI is InChI=1S/C14H22N2O3/c1-3-10(4-2)11-8-12(19-16-11)13(17)15-9-14(18)6-5-7-14/h8,10,18H,3-7,9H2,1-2H3,(H,15,17). The summed E-state index contributed by atoms with van der Waals surface area (Å²) in [5.41, 5.74) is 0.117. The van der Waals surface area contributed by atoms with Gasteiger partial charge in [-0.2, -0.15) is 0 Å². The zero-order chi connectivity index (χ0) is 13.9. The highest BCUT2D eigenvalue weighted by Crippen LogP contribution is 2.30. The van der Waals surface area contributed by atoms with Crippen LogP contribution in [-0.4, -0.2) is 28.3 Å². The van der Waals surface area contributed by atoms with Crippen LogP contribution in [0, 0.1) is 0 Å². The smallest absolute Gasteiger partial charge is 0.290 e. The summed E-state index contributed by atoms with van der Waals surface area (Å²) in [6.45, 7) is 4.47. The van der Waals surface area contributed by atoms with Crippen LogP contribution in [0.15, 0.2) is 10.6 Å². The zero-order valence-electron chi connectivity index (χ0n) is 11.6. The van der Waals surface area contributed by atoms with Crippen LogP contribution < -0.4 is 5.32 Å². The largest absolute Gasteiger partial charge is 0.388 e. The second-order valence-corrected chi connectivity index (χ2v) is 5.39. The summed E-state index contributed by atoms with van der Waals surface area (Å²) in [5.74, 6) is 0.260. The highest BCUT2D eigenvalue weighted by Gasteiger charge is 2.34. The molecule has 2 rings (SSSR count). The van der Waals surface area contributed by atoms with Gasteiger partial charge in [-0.15, -0.1) is 0 Å². The van der Waals surface area contributed by atoms with Crippen molar-refractivity contribution in [2.24, 2.45) is 0 Å². The molecule has 0 aliphatic heterocycles. The van der Waals surface area contributed by atoms with E-state index in [0.29, 0.717) is 5.92 Å². The summed E-state index contributed by atoms with van der Waals surface area (Å²) in [4.78, 5) is 11.9. The van der Waals surface area contributed by atoms with Crippen LogP contribution >= 0.6 is 0 Å². The molecule has 0 radical (unpaired) electrons. The van der Waals surface area contributed by atoms with Crippen LogP contribution in [-0.2, 0) is 0 Å². The van der Waals surface area contributed by atoms with Crippen molar-refractivity contribution in [1.29, 1.82) is 0 Å². The van der Waals surface area contributed by atoms with Gasteiger partial charge in [0.15, 0.2) is 0 Å². The van der Waals surface area contributed by atoms with E-state index in [0.717, 1.165) is 37.8 Å². The first-order valence-electron chi connectivity index (χ1n) is 7.05. The lowest BCUT2D eigenvalue weighted by molar-refractivity contribution is -0.0302. The van der Waals surface area contributed by atoms with Crippen LogP contribution in [0.1, 0.15) is 68.1 Å². The summed E-state index contributed by atoms with van der Waals surface area (Å²) in [6, 6.07) is 1.71. The van der Waals surface area contributed by atoms with Gasteiger partial charge in [0.25, 0.3) is 5.91 Å². The Morgan fingerprint density at radius 1 is 1.53 bits per heavy atom. The summed E-state index contributed by atoms with van der Waals surface area (Å²) >= 11 is 0. The minimum Gasteiger partial charge on any atom is -0.388 e. The first kappa shape index (κ1) is 14.1. The van der Waals surface area contributed by atoms with Gasteiger partial charge in [-0.25, -0.2) is 0 Å². The molecule has 0 aromatic carbocycles. The Hall–Kier alpha value is -1.36. The maximum atomic E-state index is 11.9. The number of nitrogens with one attached hydrogen (secondary N) is 1. The van der Waals surface area contributed by atoms with Crippen LogP contribution in [0.5, 0.6) is 0 Å². The highest BCUT2D eigenvalue weighted by molar-refractivity contribution is 5.91. The van der Waals surface area contributed by atoms with E-state index < -0.39 is 5.60 Å². The molecule has 0 saturated heterocycles. The molecule has 1 saturated carbocycles. The van der Waals surface area contributed by atoms with Crippen molar-refractivity contribution >= 4 is 5.91 Å². The number of rotatable bonds is 6. The molecule has 19 heavy (non-hydrogen) atoms. The number of aliphatic hydroxyl groups is 1. The Kier molecular flexibility index (Phi) is 4.24. The average molecular weight is 266 g/mol. The van der Waals surface area contributed by atoms with Gasteiger partial charge in [-0.1, -0.05) is 19.0 Å². The van der Waals surface area contributed by atoms with E-state index in [1.165, 1.54) is 0 Å². The van der Waals surface area contributed by atoms with E-state index >= 15 is 0 Å². The molecule has 2 N–H and O–H groups in total. The predicted octanol–water partition coefficient (Wildman–Crippen LogP) is 2.22. The Morgan fingerprint density at radius 3 is 2.74 bits per heavy atom. The molecule has 1 aromatic heterocycles. The molecule has 0 spiro atoms. The SMILES string of the molecule is CCC(CC)c1cc(C(=O)NCC2(O)CCC2)on1. The topological polar surface area (TPSA) is 75.4 Å². The molecule has 1 aromatic rings. The van der Waals surface area contributed by atoms with Crippen molar-refractivity contribution in [2.75, 3.05) is 6.54 Å². The fourth-order valence-corrected chi connectivity index (χ4v) is 2.39. The van der Waals surface area contributed by atoms with Crippen LogP contribution in [0.25, 0.3) is 0 Å². The molecule has 1 aliphatic rings. The van der Waals surface area contributed by atoms with Gasteiger partial charge in [0.05, 0.1) is 11.3 Å². The number of hydrogen-bond acceptors (Lipinski definition) is 4. The minimum absolute atomic E-state index is 0.227. The Labute approximate surface area is 113 Å². The van der Waals surface area contributed by atoms with Gasteiger partial charge >= 0.3 is 0 Å². The van der Waals surface area contributed by atoms with E-state index in [-0.39, 0.29) is 18.2 Å². The Morgan fingerprint density at radius 2 is 2.21 bits per heavy atom. The summed E-state index contributed by atoms with van der Waals surface area (Å²) < 4.78 is 5.08. The fourth-order valence-electron chi connectivity index (χ4n) is 2.39. The minimum atomic E-state index is -0.714. The molecular weight excluding hydrogens is 244 g/mol. The lowest BCUT2D eigenvalue weighted by Crippen LogP contribution is -2.47. The van der Waals surface area contributed by atoms with E-state index in [9.17, 15) is 9.90 Å². The first-order valence-corrected chi connectivity index (χ1v) is 7.05. The van der Waals surface area contributed by atoms with Crippen molar-refractivity contribution in [2.45, 2.75) is 57.5 Å². The van der Waals surface area contributed by atoms with E-state index in [4.69, 9.17) is 4.52 Å². The van der Waals surface area contributed by atoms with Gasteiger partial charge < -0.3 is 14.9 Å². The zero-order valence-corrected chi connectivity index (χ0v) is 11.6. The molecular formula is C14H22N2O3. The third-order valence-electron chi connectivity index (χ3n) is 4.02. The molecule has 1 heterocycles. The number of carbonyl (C=O) groups is 1. The van der Waals surface area contributed by atoms with Gasteiger partial charge in [-0.05, 0) is 32.1 Å². The van der Waals surface area contributed by atoms with Crippen LogP contribution in [0.3, 0.4) is 0 Å². The lowest BCUT2D eigenvalue weighted by atomic mass is 9.80. The van der Waals surface area contributed by atoms with Crippen molar-refractivity contribution < 1.29 is 14.4 Å². The maximum absolute atomic E-state index is 11.9. The lowest BCUT2D eigenvalue weighted by Gasteiger charge is -2.36. The fraction of sp³-hybridized carbons (Fsp3) is 0.714. The monoisotopic (exact) mass is 266 g/mol. The van der Waals surface area contributed by atoms with Gasteiger partial charge in [-0.3, -0.25) is 4.79 Å². The van der Waals surface area contributed by atoms with Gasteiger partial charge in [0, 0.05) is 18.5 Å². The van der Waals surface area contributed by atoms with Crippen molar-refractivity contribution in [3.05, 3.63) is 17.5 Å². The number of nitrogens with zero attached hydrogens (tertiary/aromatic N) is 1. The molecule has 5 nitrogen and oxygen atoms in total.